The average molecular weight is 334 g/mol. The lowest BCUT2D eigenvalue weighted by Gasteiger charge is -2.34. The molecule has 0 amide bonds. The summed E-state index contributed by atoms with van der Waals surface area (Å²) in [6.07, 6.45) is 9.58. The van der Waals surface area contributed by atoms with Crippen molar-refractivity contribution in [3.63, 3.8) is 0 Å². The molecule has 6 heteroatoms. The van der Waals surface area contributed by atoms with Gasteiger partial charge in [-0.2, -0.15) is 0 Å². The Labute approximate surface area is 147 Å². The van der Waals surface area contributed by atoms with Crippen molar-refractivity contribution in [3.8, 4) is 11.4 Å². The van der Waals surface area contributed by atoms with E-state index in [0.29, 0.717) is 5.92 Å². The predicted molar refractivity (Wildman–Crippen MR) is 97.5 cm³/mol. The van der Waals surface area contributed by atoms with Gasteiger partial charge in [0.25, 0.3) is 0 Å². The Balaban J connectivity index is 1.68. The predicted octanol–water partition coefficient (Wildman–Crippen LogP) is 3.26. The van der Waals surface area contributed by atoms with Crippen LogP contribution in [0.25, 0.3) is 11.4 Å². The summed E-state index contributed by atoms with van der Waals surface area (Å²) in [7, 11) is 0. The maximum absolute atomic E-state index is 4.90. The minimum Gasteiger partial charge on any atom is -0.356 e. The van der Waals surface area contributed by atoms with Crippen LogP contribution in [0, 0.1) is 13.8 Å². The molecule has 6 nitrogen and oxygen atoms in total. The molecule has 1 saturated heterocycles. The van der Waals surface area contributed by atoms with Crippen molar-refractivity contribution in [2.75, 3.05) is 18.0 Å². The fraction of sp³-hybridized carbons (Fsp3) is 0.368. The number of H-pyrrole nitrogens is 1. The standard InChI is InChI=1S/C19H22N6/c1-13-14(2)23-18(15-5-7-20-8-6-15)24-19(13)25-11-3-4-16(12-25)17-21-9-10-22-17/h5-10,16H,3-4,11-12H2,1-2H3,(H,21,22). The number of pyridine rings is 1. The van der Waals surface area contributed by atoms with Gasteiger partial charge < -0.3 is 9.88 Å². The smallest absolute Gasteiger partial charge is 0.161 e. The van der Waals surface area contributed by atoms with Gasteiger partial charge in [-0.15, -0.1) is 0 Å². The Morgan fingerprint density at radius 1 is 1.12 bits per heavy atom. The van der Waals surface area contributed by atoms with Crippen LogP contribution in [0.1, 0.15) is 35.8 Å². The number of imidazole rings is 1. The van der Waals surface area contributed by atoms with Crippen molar-refractivity contribution in [1.82, 2.24) is 24.9 Å². The first-order chi connectivity index (χ1) is 12.2. The maximum Gasteiger partial charge on any atom is 0.161 e. The number of nitrogens with zero attached hydrogens (tertiary/aromatic N) is 5. The van der Waals surface area contributed by atoms with Crippen LogP contribution in [0.4, 0.5) is 5.82 Å². The summed E-state index contributed by atoms with van der Waals surface area (Å²) in [5.74, 6) is 3.29. The Bertz CT molecular complexity index is 844. The van der Waals surface area contributed by atoms with Gasteiger partial charge in [0.2, 0.25) is 0 Å². The second kappa shape index (κ2) is 6.63. The lowest BCUT2D eigenvalue weighted by atomic mass is 9.97. The molecule has 1 atom stereocenters. The van der Waals surface area contributed by atoms with Crippen molar-refractivity contribution < 1.29 is 0 Å². The fourth-order valence-electron chi connectivity index (χ4n) is 3.45. The summed E-state index contributed by atoms with van der Waals surface area (Å²) in [6.45, 7) is 6.11. The summed E-state index contributed by atoms with van der Waals surface area (Å²) in [4.78, 5) is 23.8. The Morgan fingerprint density at radius 3 is 2.72 bits per heavy atom. The molecule has 0 bridgehead atoms. The minimum absolute atomic E-state index is 0.419. The third-order valence-corrected chi connectivity index (χ3v) is 4.93. The largest absolute Gasteiger partial charge is 0.356 e. The second-order valence-electron chi connectivity index (χ2n) is 6.58. The van der Waals surface area contributed by atoms with Crippen LogP contribution in [0.3, 0.4) is 0 Å². The van der Waals surface area contributed by atoms with Crippen LogP contribution >= 0.6 is 0 Å². The molecule has 4 rings (SSSR count). The van der Waals surface area contributed by atoms with E-state index in [4.69, 9.17) is 4.98 Å². The first kappa shape index (κ1) is 15.7. The maximum atomic E-state index is 4.90. The number of aromatic nitrogens is 5. The van der Waals surface area contributed by atoms with Gasteiger partial charge in [-0.25, -0.2) is 15.0 Å². The molecule has 0 spiro atoms. The summed E-state index contributed by atoms with van der Waals surface area (Å²) in [5.41, 5.74) is 3.17. The molecule has 0 aromatic carbocycles. The molecule has 4 heterocycles. The molecule has 0 aliphatic carbocycles. The van der Waals surface area contributed by atoms with Gasteiger partial charge >= 0.3 is 0 Å². The average Bonchev–Trinajstić information content (AvgIpc) is 3.19. The molecular formula is C19H22N6. The summed E-state index contributed by atoms with van der Waals surface area (Å²) >= 11 is 0. The zero-order valence-electron chi connectivity index (χ0n) is 14.6. The van der Waals surface area contributed by atoms with Gasteiger partial charge in [0.15, 0.2) is 5.82 Å². The number of aryl methyl sites for hydroxylation is 1. The zero-order valence-corrected chi connectivity index (χ0v) is 14.6. The highest BCUT2D eigenvalue weighted by atomic mass is 15.2. The topological polar surface area (TPSA) is 70.6 Å². The van der Waals surface area contributed by atoms with E-state index in [-0.39, 0.29) is 0 Å². The lowest BCUT2D eigenvalue weighted by molar-refractivity contribution is 0.491. The molecule has 1 unspecified atom stereocenters. The van der Waals surface area contributed by atoms with Crippen LogP contribution in [-0.4, -0.2) is 38.0 Å². The van der Waals surface area contributed by atoms with Crippen molar-refractivity contribution in [2.45, 2.75) is 32.6 Å². The Morgan fingerprint density at radius 2 is 1.96 bits per heavy atom. The van der Waals surface area contributed by atoms with E-state index in [9.17, 15) is 0 Å². The molecule has 1 aliphatic rings. The van der Waals surface area contributed by atoms with Crippen molar-refractivity contribution >= 4 is 5.82 Å². The monoisotopic (exact) mass is 334 g/mol. The number of anilines is 1. The number of aromatic amines is 1. The zero-order chi connectivity index (χ0) is 17.2. The van der Waals surface area contributed by atoms with Crippen molar-refractivity contribution in [1.29, 1.82) is 0 Å². The van der Waals surface area contributed by atoms with Gasteiger partial charge in [-0.3, -0.25) is 4.98 Å². The molecule has 0 radical (unpaired) electrons. The van der Waals surface area contributed by atoms with Crippen LogP contribution < -0.4 is 4.90 Å². The molecule has 1 aliphatic heterocycles. The quantitative estimate of drug-likeness (QED) is 0.796. The first-order valence-electron chi connectivity index (χ1n) is 8.72. The van der Waals surface area contributed by atoms with Crippen LogP contribution in [-0.2, 0) is 0 Å². The normalized spacial score (nSPS) is 17.7. The number of rotatable bonds is 3. The van der Waals surface area contributed by atoms with Gasteiger partial charge in [0.1, 0.15) is 11.6 Å². The molecule has 3 aromatic heterocycles. The number of hydrogen-bond donors (Lipinski definition) is 1. The van der Waals surface area contributed by atoms with E-state index < -0.39 is 0 Å². The van der Waals surface area contributed by atoms with Crippen LogP contribution in [0.15, 0.2) is 36.9 Å². The fourth-order valence-corrected chi connectivity index (χ4v) is 3.45. The van der Waals surface area contributed by atoms with E-state index in [1.54, 1.807) is 12.4 Å². The molecular weight excluding hydrogens is 312 g/mol. The highest BCUT2D eigenvalue weighted by Gasteiger charge is 2.25. The van der Waals surface area contributed by atoms with Gasteiger partial charge in [-0.05, 0) is 38.8 Å². The van der Waals surface area contributed by atoms with E-state index in [1.165, 1.54) is 0 Å². The SMILES string of the molecule is Cc1nc(-c2ccncc2)nc(N2CCCC(c3ncc[nH]3)C2)c1C. The second-order valence-corrected chi connectivity index (χ2v) is 6.58. The summed E-state index contributed by atoms with van der Waals surface area (Å²) < 4.78 is 0. The van der Waals surface area contributed by atoms with E-state index in [0.717, 1.165) is 60.2 Å². The molecule has 3 aromatic rings. The molecule has 25 heavy (non-hydrogen) atoms. The van der Waals surface area contributed by atoms with Crippen molar-refractivity contribution in [2.24, 2.45) is 0 Å². The number of hydrogen-bond acceptors (Lipinski definition) is 5. The molecule has 0 saturated carbocycles. The summed E-state index contributed by atoms with van der Waals surface area (Å²) in [6, 6.07) is 3.91. The Kier molecular flexibility index (Phi) is 4.17. The van der Waals surface area contributed by atoms with E-state index in [1.807, 2.05) is 24.5 Å². The van der Waals surface area contributed by atoms with E-state index in [2.05, 4.69) is 38.7 Å². The van der Waals surface area contributed by atoms with Crippen LogP contribution in [0.5, 0.6) is 0 Å². The Hall–Kier alpha value is -2.76. The molecule has 1 fully saturated rings. The number of piperidine rings is 1. The summed E-state index contributed by atoms with van der Waals surface area (Å²) in [5, 5.41) is 0. The van der Waals surface area contributed by atoms with Gasteiger partial charge in [0.05, 0.1) is 0 Å². The highest BCUT2D eigenvalue weighted by Crippen LogP contribution is 2.31. The van der Waals surface area contributed by atoms with Gasteiger partial charge in [0, 0.05) is 60.6 Å². The molecule has 128 valence electrons. The van der Waals surface area contributed by atoms with Crippen LogP contribution in [0.2, 0.25) is 0 Å². The third kappa shape index (κ3) is 3.12. The first-order valence-corrected chi connectivity index (χ1v) is 8.72. The number of nitrogens with one attached hydrogen (secondary N) is 1. The highest BCUT2D eigenvalue weighted by molar-refractivity contribution is 5.60. The van der Waals surface area contributed by atoms with Gasteiger partial charge in [-0.1, -0.05) is 0 Å². The molecule has 1 N–H and O–H groups in total. The van der Waals surface area contributed by atoms with Crippen molar-refractivity contribution in [3.05, 3.63) is 54.0 Å². The lowest BCUT2D eigenvalue weighted by Crippen LogP contribution is -2.36. The third-order valence-electron chi connectivity index (χ3n) is 4.93. The van der Waals surface area contributed by atoms with E-state index >= 15 is 0 Å². The minimum atomic E-state index is 0.419.